The highest BCUT2D eigenvalue weighted by Crippen LogP contribution is 2.36. The molecule has 1 fully saturated rings. The van der Waals surface area contributed by atoms with E-state index in [0.29, 0.717) is 23.5 Å². The molecule has 1 saturated heterocycles. The van der Waals surface area contributed by atoms with Crippen molar-refractivity contribution in [2.45, 2.75) is 52.1 Å². The van der Waals surface area contributed by atoms with E-state index in [4.69, 9.17) is 0 Å². The molecule has 7 nitrogen and oxygen atoms in total. The van der Waals surface area contributed by atoms with Crippen LogP contribution < -0.4 is 5.69 Å². The fraction of sp³-hybridized carbons (Fsp3) is 0.417. The zero-order valence-electron chi connectivity index (χ0n) is 18.1. The molecule has 0 bridgehead atoms. The predicted octanol–water partition coefficient (Wildman–Crippen LogP) is 3.81. The number of rotatable bonds is 6. The molecular weight excluding hydrogens is 392 g/mol. The maximum absolute atomic E-state index is 12.5. The van der Waals surface area contributed by atoms with E-state index in [1.165, 1.54) is 35.5 Å². The summed E-state index contributed by atoms with van der Waals surface area (Å²) in [4.78, 5) is 14.9. The van der Waals surface area contributed by atoms with Crippen LogP contribution in [0, 0.1) is 0 Å². The number of likely N-dealkylation sites (tertiary alicyclic amines) is 1. The number of nitrogens with one attached hydrogen (secondary N) is 1. The van der Waals surface area contributed by atoms with Gasteiger partial charge in [-0.1, -0.05) is 44.5 Å². The first-order valence-corrected chi connectivity index (χ1v) is 10.9. The van der Waals surface area contributed by atoms with Crippen molar-refractivity contribution in [2.75, 3.05) is 13.1 Å². The molecule has 2 aromatic carbocycles. The van der Waals surface area contributed by atoms with Crippen LogP contribution in [-0.4, -0.2) is 43.0 Å². The van der Waals surface area contributed by atoms with E-state index >= 15 is 0 Å². The molecule has 2 heterocycles. The van der Waals surface area contributed by atoms with Gasteiger partial charge in [0.05, 0.1) is 12.1 Å². The van der Waals surface area contributed by atoms with Crippen molar-refractivity contribution < 1.29 is 10.2 Å². The second kappa shape index (κ2) is 8.98. The summed E-state index contributed by atoms with van der Waals surface area (Å²) < 4.78 is 1.51. The van der Waals surface area contributed by atoms with Crippen molar-refractivity contribution in [3.63, 3.8) is 0 Å². The molecular formula is C24H30N4O3. The number of nitrogens with zero attached hydrogens (tertiary/aromatic N) is 3. The van der Waals surface area contributed by atoms with Gasteiger partial charge >= 0.3 is 5.69 Å². The van der Waals surface area contributed by atoms with Gasteiger partial charge in [-0.25, -0.2) is 9.89 Å². The molecule has 0 aliphatic carbocycles. The van der Waals surface area contributed by atoms with E-state index < -0.39 is 0 Å². The summed E-state index contributed by atoms with van der Waals surface area (Å²) in [6, 6.07) is 11.3. The summed E-state index contributed by atoms with van der Waals surface area (Å²) in [5, 5.41) is 27.2. The van der Waals surface area contributed by atoms with Crippen molar-refractivity contribution in [1.82, 2.24) is 19.7 Å². The zero-order chi connectivity index (χ0) is 22.0. The minimum atomic E-state index is -0.342. The van der Waals surface area contributed by atoms with Crippen LogP contribution >= 0.6 is 0 Å². The molecule has 1 aromatic heterocycles. The highest BCUT2D eigenvalue weighted by molar-refractivity contribution is 5.67. The Morgan fingerprint density at radius 3 is 2.26 bits per heavy atom. The number of aromatic nitrogens is 3. The van der Waals surface area contributed by atoms with Gasteiger partial charge < -0.3 is 10.2 Å². The standard InChI is InChI=1S/C24H30N4O3/c1-16(2)19-12-20(22(30)13-21(19)29)23-25-26-24(31)28(23)15-18-8-6-17(7-9-18)14-27-10-4-3-5-11-27/h6-9,12-13,16,29-30H,3-5,10-11,14-15H2,1-2H3,(H,26,31). The lowest BCUT2D eigenvalue weighted by atomic mass is 9.98. The van der Waals surface area contributed by atoms with E-state index in [1.807, 2.05) is 26.0 Å². The summed E-state index contributed by atoms with van der Waals surface area (Å²) in [5.74, 6) is 0.330. The van der Waals surface area contributed by atoms with E-state index in [9.17, 15) is 15.0 Å². The van der Waals surface area contributed by atoms with Gasteiger partial charge in [0.2, 0.25) is 0 Å². The van der Waals surface area contributed by atoms with Crippen LogP contribution in [-0.2, 0) is 13.1 Å². The van der Waals surface area contributed by atoms with Crippen molar-refractivity contribution in [2.24, 2.45) is 0 Å². The highest BCUT2D eigenvalue weighted by Gasteiger charge is 2.19. The van der Waals surface area contributed by atoms with Crippen molar-refractivity contribution in [3.05, 3.63) is 63.6 Å². The van der Waals surface area contributed by atoms with Gasteiger partial charge in [-0.15, -0.1) is 0 Å². The fourth-order valence-electron chi connectivity index (χ4n) is 4.21. The lowest BCUT2D eigenvalue weighted by Gasteiger charge is -2.26. The van der Waals surface area contributed by atoms with Crippen LogP contribution in [0.25, 0.3) is 11.4 Å². The van der Waals surface area contributed by atoms with Crippen LogP contribution in [0.5, 0.6) is 11.5 Å². The van der Waals surface area contributed by atoms with E-state index in [-0.39, 0.29) is 23.1 Å². The molecule has 0 radical (unpaired) electrons. The van der Waals surface area contributed by atoms with Gasteiger partial charge in [-0.05, 0) is 54.6 Å². The maximum Gasteiger partial charge on any atom is 0.343 e. The summed E-state index contributed by atoms with van der Waals surface area (Å²) in [6.45, 7) is 7.52. The molecule has 164 valence electrons. The number of aromatic hydroxyl groups is 2. The Morgan fingerprint density at radius 2 is 1.61 bits per heavy atom. The molecule has 1 aliphatic rings. The third kappa shape index (κ3) is 4.66. The molecule has 0 spiro atoms. The summed E-state index contributed by atoms with van der Waals surface area (Å²) >= 11 is 0. The normalized spacial score (nSPS) is 14.9. The molecule has 0 atom stereocenters. The third-order valence-corrected chi connectivity index (χ3v) is 5.98. The number of phenols is 2. The number of phenolic OH excluding ortho intramolecular Hbond substituents is 2. The lowest BCUT2D eigenvalue weighted by molar-refractivity contribution is 0.221. The molecule has 3 aromatic rings. The van der Waals surface area contributed by atoms with E-state index in [0.717, 1.165) is 25.2 Å². The Balaban J connectivity index is 1.58. The Bertz CT molecular complexity index is 1090. The van der Waals surface area contributed by atoms with Crippen molar-refractivity contribution in [1.29, 1.82) is 0 Å². The molecule has 0 unspecified atom stereocenters. The smallest absolute Gasteiger partial charge is 0.343 e. The second-order valence-electron chi connectivity index (χ2n) is 8.67. The topological polar surface area (TPSA) is 94.4 Å². The number of hydrogen-bond acceptors (Lipinski definition) is 5. The molecule has 0 amide bonds. The lowest BCUT2D eigenvalue weighted by Crippen LogP contribution is -2.29. The van der Waals surface area contributed by atoms with Crippen molar-refractivity contribution >= 4 is 0 Å². The first-order chi connectivity index (χ1) is 14.9. The van der Waals surface area contributed by atoms with Gasteiger partial charge in [-0.2, -0.15) is 5.10 Å². The number of piperidine rings is 1. The first-order valence-electron chi connectivity index (χ1n) is 10.9. The summed E-state index contributed by atoms with van der Waals surface area (Å²) in [7, 11) is 0. The summed E-state index contributed by atoms with van der Waals surface area (Å²) in [6.07, 6.45) is 3.87. The van der Waals surface area contributed by atoms with Crippen LogP contribution in [0.15, 0.2) is 41.2 Å². The average Bonchev–Trinajstić information content (AvgIpc) is 3.10. The van der Waals surface area contributed by atoms with Crippen LogP contribution in [0.2, 0.25) is 0 Å². The molecule has 0 saturated carbocycles. The van der Waals surface area contributed by atoms with Crippen LogP contribution in [0.3, 0.4) is 0 Å². The maximum atomic E-state index is 12.5. The fourth-order valence-corrected chi connectivity index (χ4v) is 4.21. The first kappa shape index (κ1) is 21.2. The monoisotopic (exact) mass is 422 g/mol. The highest BCUT2D eigenvalue weighted by atomic mass is 16.3. The average molecular weight is 423 g/mol. The molecule has 31 heavy (non-hydrogen) atoms. The van der Waals surface area contributed by atoms with Gasteiger partial charge in [0.25, 0.3) is 0 Å². The Morgan fingerprint density at radius 1 is 0.968 bits per heavy atom. The van der Waals surface area contributed by atoms with Gasteiger partial charge in [-0.3, -0.25) is 9.47 Å². The quantitative estimate of drug-likeness (QED) is 0.562. The number of aromatic amines is 1. The van der Waals surface area contributed by atoms with Crippen LogP contribution in [0.1, 0.15) is 55.7 Å². The molecule has 7 heteroatoms. The minimum absolute atomic E-state index is 0.0324. The summed E-state index contributed by atoms with van der Waals surface area (Å²) in [5.41, 5.74) is 3.02. The SMILES string of the molecule is CC(C)c1cc(-c2n[nH]c(=O)n2Cc2ccc(CN3CCCCC3)cc2)c(O)cc1O. The van der Waals surface area contributed by atoms with Gasteiger partial charge in [0, 0.05) is 12.6 Å². The van der Waals surface area contributed by atoms with Crippen LogP contribution in [0.4, 0.5) is 0 Å². The zero-order valence-corrected chi connectivity index (χ0v) is 18.1. The van der Waals surface area contributed by atoms with Gasteiger partial charge in [0.1, 0.15) is 11.5 Å². The Hall–Kier alpha value is -3.06. The molecule has 1 aliphatic heterocycles. The minimum Gasteiger partial charge on any atom is -0.508 e. The number of hydrogen-bond donors (Lipinski definition) is 3. The van der Waals surface area contributed by atoms with E-state index in [1.54, 1.807) is 6.07 Å². The number of H-pyrrole nitrogens is 1. The van der Waals surface area contributed by atoms with Gasteiger partial charge in [0.15, 0.2) is 5.82 Å². The Labute approximate surface area is 182 Å². The number of benzene rings is 2. The molecule has 4 rings (SSSR count). The largest absolute Gasteiger partial charge is 0.508 e. The van der Waals surface area contributed by atoms with E-state index in [2.05, 4.69) is 27.2 Å². The van der Waals surface area contributed by atoms with Crippen molar-refractivity contribution in [3.8, 4) is 22.9 Å². The second-order valence-corrected chi connectivity index (χ2v) is 8.67. The predicted molar refractivity (Wildman–Crippen MR) is 120 cm³/mol. The Kier molecular flexibility index (Phi) is 6.13. The third-order valence-electron chi connectivity index (χ3n) is 5.98. The molecule has 3 N–H and O–H groups in total.